The molecule has 0 radical (unpaired) electrons. The van der Waals surface area contributed by atoms with Crippen LogP contribution in [0.2, 0.25) is 0 Å². The number of carbonyl (C=O) groups is 1. The lowest BCUT2D eigenvalue weighted by molar-refractivity contribution is 0.0673. The van der Waals surface area contributed by atoms with Gasteiger partial charge in [-0.25, -0.2) is 8.42 Å². The lowest BCUT2D eigenvalue weighted by Gasteiger charge is -2.19. The zero-order valence-corrected chi connectivity index (χ0v) is 14.1. The van der Waals surface area contributed by atoms with Crippen molar-refractivity contribution in [1.82, 2.24) is 4.90 Å². The minimum Gasteiger partial charge on any atom is -0.380 e. The molecule has 1 heterocycles. The Balaban J connectivity index is 2.91. The molecule has 0 N–H and O–H groups in total. The van der Waals surface area contributed by atoms with Gasteiger partial charge in [-0.15, -0.1) is 11.3 Å². The largest absolute Gasteiger partial charge is 0.380 e. The summed E-state index contributed by atoms with van der Waals surface area (Å²) < 4.78 is 28.0. The van der Waals surface area contributed by atoms with Crippen LogP contribution in [0.15, 0.2) is 11.0 Å². The first kappa shape index (κ1) is 17.4. The van der Waals surface area contributed by atoms with Gasteiger partial charge < -0.3 is 9.64 Å². The molecule has 0 spiro atoms. The summed E-state index contributed by atoms with van der Waals surface area (Å²) in [6.07, 6.45) is 0. The van der Waals surface area contributed by atoms with E-state index in [4.69, 9.17) is 15.4 Å². The molecule has 0 saturated heterocycles. The van der Waals surface area contributed by atoms with Gasteiger partial charge >= 0.3 is 0 Å². The minimum absolute atomic E-state index is 0.00776. The van der Waals surface area contributed by atoms with Crippen molar-refractivity contribution in [3.63, 3.8) is 0 Å². The molecule has 0 fully saturated rings. The lowest BCUT2D eigenvalue weighted by atomic mass is 10.3. The Morgan fingerprint density at radius 2 is 2.10 bits per heavy atom. The first-order valence-corrected chi connectivity index (χ1v) is 9.35. The number of carbonyl (C=O) groups excluding carboxylic acids is 1. The summed E-state index contributed by atoms with van der Waals surface area (Å²) in [4.78, 5) is 14.8. The van der Waals surface area contributed by atoms with Crippen LogP contribution in [0, 0.1) is 6.92 Å². The number of nitrogens with zero attached hydrogens (tertiary/aromatic N) is 1. The number of likely N-dealkylation sites (N-methyl/N-ethyl adjacent to an activating group) is 1. The molecule has 114 valence electrons. The molecular weight excluding hydrogens is 322 g/mol. The lowest BCUT2D eigenvalue weighted by Crippen LogP contribution is -2.33. The predicted molar refractivity (Wildman–Crippen MR) is 80.2 cm³/mol. The molecule has 0 aliphatic carbocycles. The van der Waals surface area contributed by atoms with Crippen LogP contribution in [0.5, 0.6) is 0 Å². The van der Waals surface area contributed by atoms with Crippen molar-refractivity contribution in [3.05, 3.63) is 15.8 Å². The summed E-state index contributed by atoms with van der Waals surface area (Å²) in [5.74, 6) is -0.202. The zero-order chi connectivity index (χ0) is 15.3. The smallest absolute Gasteiger partial charge is 0.264 e. The molecule has 8 heteroatoms. The van der Waals surface area contributed by atoms with Gasteiger partial charge in [0.2, 0.25) is 0 Å². The number of rotatable bonds is 7. The maximum absolute atomic E-state index is 12.3. The normalized spacial score (nSPS) is 11.6. The number of aryl methyl sites for hydroxylation is 1. The number of hydrogen-bond donors (Lipinski definition) is 0. The maximum atomic E-state index is 12.3. The summed E-state index contributed by atoms with van der Waals surface area (Å²) >= 11 is 1.14. The van der Waals surface area contributed by atoms with E-state index in [1.807, 2.05) is 13.8 Å². The van der Waals surface area contributed by atoms with E-state index in [-0.39, 0.29) is 10.8 Å². The fourth-order valence-corrected chi connectivity index (χ4v) is 4.32. The fourth-order valence-electron chi connectivity index (χ4n) is 1.69. The van der Waals surface area contributed by atoms with E-state index in [9.17, 15) is 13.2 Å². The van der Waals surface area contributed by atoms with Crippen molar-refractivity contribution >= 4 is 37.0 Å². The van der Waals surface area contributed by atoms with E-state index in [1.54, 1.807) is 11.8 Å². The zero-order valence-electron chi connectivity index (χ0n) is 11.7. The van der Waals surface area contributed by atoms with Crippen molar-refractivity contribution in [1.29, 1.82) is 0 Å². The Morgan fingerprint density at radius 3 is 2.55 bits per heavy atom. The molecule has 0 unspecified atom stereocenters. The fraction of sp³-hybridized carbons (Fsp3) is 0.583. The van der Waals surface area contributed by atoms with Gasteiger partial charge in [0.15, 0.2) is 0 Å². The Morgan fingerprint density at radius 1 is 1.45 bits per heavy atom. The first-order valence-electron chi connectivity index (χ1n) is 6.23. The average Bonchev–Trinajstić information content (AvgIpc) is 2.76. The van der Waals surface area contributed by atoms with Crippen LogP contribution < -0.4 is 0 Å². The molecule has 0 aliphatic rings. The van der Waals surface area contributed by atoms with Gasteiger partial charge in [-0.3, -0.25) is 4.79 Å². The Bertz CT molecular complexity index is 568. The first-order chi connectivity index (χ1) is 9.31. The second-order valence-electron chi connectivity index (χ2n) is 4.05. The summed E-state index contributed by atoms with van der Waals surface area (Å²) in [6.45, 7) is 7.45. The molecular formula is C12H18ClNO4S2. The van der Waals surface area contributed by atoms with Gasteiger partial charge in [-0.05, 0) is 26.8 Å². The Hall–Kier alpha value is -0.630. The van der Waals surface area contributed by atoms with E-state index in [2.05, 4.69) is 0 Å². The SMILES string of the molecule is CCOCCN(CC)C(=O)c1cc(S(=O)(=O)Cl)c(C)s1. The monoisotopic (exact) mass is 339 g/mol. The summed E-state index contributed by atoms with van der Waals surface area (Å²) in [6, 6.07) is 1.34. The van der Waals surface area contributed by atoms with Gasteiger partial charge in [-0.1, -0.05) is 0 Å². The molecule has 5 nitrogen and oxygen atoms in total. The summed E-state index contributed by atoms with van der Waals surface area (Å²) in [5.41, 5.74) is 0. The molecule has 1 amide bonds. The highest BCUT2D eigenvalue weighted by atomic mass is 35.7. The van der Waals surface area contributed by atoms with Crippen molar-refractivity contribution < 1.29 is 17.9 Å². The summed E-state index contributed by atoms with van der Waals surface area (Å²) in [7, 11) is 1.52. The number of halogens is 1. The highest BCUT2D eigenvalue weighted by molar-refractivity contribution is 8.13. The second-order valence-corrected chi connectivity index (χ2v) is 7.84. The highest BCUT2D eigenvalue weighted by Crippen LogP contribution is 2.29. The molecule has 1 rings (SSSR count). The molecule has 0 saturated carbocycles. The molecule has 0 aromatic carbocycles. The van der Waals surface area contributed by atoms with Crippen molar-refractivity contribution in [2.45, 2.75) is 25.7 Å². The Labute approximate surface area is 127 Å². The average molecular weight is 340 g/mol. The van der Waals surface area contributed by atoms with Crippen molar-refractivity contribution in [3.8, 4) is 0 Å². The minimum atomic E-state index is -3.81. The standard InChI is InChI=1S/C12H18ClNO4S2/c1-4-14(6-7-18-5-2)12(15)10-8-11(9(3)19-10)20(13,16)17/h8H,4-7H2,1-3H3. The van der Waals surface area contributed by atoms with Crippen molar-refractivity contribution in [2.75, 3.05) is 26.3 Å². The number of ether oxygens (including phenoxy) is 1. The third kappa shape index (κ3) is 4.44. The van der Waals surface area contributed by atoms with Crippen LogP contribution in [0.3, 0.4) is 0 Å². The van der Waals surface area contributed by atoms with Crippen molar-refractivity contribution in [2.24, 2.45) is 0 Å². The van der Waals surface area contributed by atoms with Crippen LogP contribution >= 0.6 is 22.0 Å². The van der Waals surface area contributed by atoms with Gasteiger partial charge in [0.1, 0.15) is 0 Å². The number of hydrogen-bond acceptors (Lipinski definition) is 5. The molecule has 0 aliphatic heterocycles. The van der Waals surface area contributed by atoms with E-state index in [0.29, 0.717) is 36.1 Å². The maximum Gasteiger partial charge on any atom is 0.264 e. The van der Waals surface area contributed by atoms with E-state index in [0.717, 1.165) is 11.3 Å². The van der Waals surface area contributed by atoms with Crippen LogP contribution in [-0.2, 0) is 13.8 Å². The predicted octanol–water partition coefficient (Wildman–Crippen LogP) is 2.48. The van der Waals surface area contributed by atoms with Gasteiger partial charge in [0.25, 0.3) is 15.0 Å². The number of thiophene rings is 1. The molecule has 20 heavy (non-hydrogen) atoms. The Kier molecular flexibility index (Phi) is 6.44. The third-order valence-electron chi connectivity index (χ3n) is 2.72. The van der Waals surface area contributed by atoms with Crippen LogP contribution in [-0.4, -0.2) is 45.5 Å². The topological polar surface area (TPSA) is 63.7 Å². The molecule has 1 aromatic heterocycles. The third-order valence-corrected chi connectivity index (χ3v) is 5.34. The van der Waals surface area contributed by atoms with Crippen LogP contribution in [0.25, 0.3) is 0 Å². The molecule has 0 atom stereocenters. The summed E-state index contributed by atoms with van der Waals surface area (Å²) in [5, 5.41) is 0. The quantitative estimate of drug-likeness (QED) is 0.565. The highest BCUT2D eigenvalue weighted by Gasteiger charge is 2.22. The van der Waals surface area contributed by atoms with Crippen LogP contribution in [0.4, 0.5) is 0 Å². The van der Waals surface area contributed by atoms with E-state index < -0.39 is 9.05 Å². The van der Waals surface area contributed by atoms with E-state index >= 15 is 0 Å². The molecule has 0 bridgehead atoms. The number of amides is 1. The molecule has 1 aromatic rings. The van der Waals surface area contributed by atoms with Gasteiger partial charge in [-0.2, -0.15) is 0 Å². The van der Waals surface area contributed by atoms with Gasteiger partial charge in [0, 0.05) is 35.3 Å². The second kappa shape index (κ2) is 7.40. The van der Waals surface area contributed by atoms with Crippen LogP contribution in [0.1, 0.15) is 28.4 Å². The van der Waals surface area contributed by atoms with E-state index in [1.165, 1.54) is 6.07 Å². The van der Waals surface area contributed by atoms with Gasteiger partial charge in [0.05, 0.1) is 16.4 Å².